The third-order valence-corrected chi connectivity index (χ3v) is 5.33. The molecule has 0 aliphatic carbocycles. The van der Waals surface area contributed by atoms with Gasteiger partial charge in [0.2, 0.25) is 11.8 Å². The molecule has 0 spiro atoms. The van der Waals surface area contributed by atoms with Gasteiger partial charge < -0.3 is 15.2 Å². The minimum absolute atomic E-state index is 0.0319. The van der Waals surface area contributed by atoms with Crippen molar-refractivity contribution in [3.05, 3.63) is 46.5 Å². The van der Waals surface area contributed by atoms with Crippen molar-refractivity contribution in [3.63, 3.8) is 0 Å². The van der Waals surface area contributed by atoms with E-state index in [1.165, 1.54) is 13.0 Å². The second kappa shape index (κ2) is 9.14. The number of carbonyl (C=O) groups excluding carboxylic acids is 2. The van der Waals surface area contributed by atoms with Gasteiger partial charge >= 0.3 is 0 Å². The van der Waals surface area contributed by atoms with Gasteiger partial charge in [-0.05, 0) is 25.5 Å². The number of halogens is 2. The summed E-state index contributed by atoms with van der Waals surface area (Å²) in [6.45, 7) is 3.24. The fourth-order valence-corrected chi connectivity index (χ4v) is 3.65. The zero-order valence-electron chi connectivity index (χ0n) is 15.4. The Morgan fingerprint density at radius 2 is 1.83 bits per heavy atom. The molecule has 1 aromatic carbocycles. The molecule has 0 bridgehead atoms. The molecule has 0 unspecified atom stereocenters. The molecule has 0 atom stereocenters. The van der Waals surface area contributed by atoms with Gasteiger partial charge in [0.1, 0.15) is 17.4 Å². The lowest BCUT2D eigenvalue weighted by Crippen LogP contribution is -2.18. The summed E-state index contributed by atoms with van der Waals surface area (Å²) in [6, 6.07) is 3.77. The van der Waals surface area contributed by atoms with E-state index in [-0.39, 0.29) is 34.0 Å². The van der Waals surface area contributed by atoms with Gasteiger partial charge in [0, 0.05) is 23.1 Å². The lowest BCUT2D eigenvalue weighted by Gasteiger charge is -2.03. The Balaban J connectivity index is 1.49. The minimum Gasteiger partial charge on any atom is -0.360 e. The van der Waals surface area contributed by atoms with E-state index in [9.17, 15) is 18.4 Å². The summed E-state index contributed by atoms with van der Waals surface area (Å²) in [5.41, 5.74) is 0.770. The Morgan fingerprint density at radius 3 is 2.52 bits per heavy atom. The average molecular weight is 438 g/mol. The molecule has 0 saturated heterocycles. The highest BCUT2D eigenvalue weighted by molar-refractivity contribution is 8.00. The maximum Gasteiger partial charge on any atom is 0.236 e. The topological polar surface area (TPSA) is 97.1 Å². The SMILES string of the molecule is Cc1cc(NC(=O)CSCC(=O)Nc2nc(-c3cc(C)c(F)cc3F)cs2)no1. The molecule has 3 aromatic rings. The van der Waals surface area contributed by atoms with Crippen molar-refractivity contribution in [2.75, 3.05) is 22.1 Å². The standard InChI is InChI=1S/C18H16F2N4O3S2/c1-9-3-11(13(20)5-12(9)19)14-6-29-18(21-14)23-17(26)8-28-7-16(25)22-15-4-10(2)27-24-15/h3-6H,7-8H2,1-2H3,(H,21,23,26)(H,22,24,25). The number of aromatic nitrogens is 2. The maximum absolute atomic E-state index is 14.0. The summed E-state index contributed by atoms with van der Waals surface area (Å²) in [5, 5.41) is 10.7. The second-order valence-corrected chi connectivity index (χ2v) is 7.87. The van der Waals surface area contributed by atoms with Crippen LogP contribution in [0.4, 0.5) is 19.7 Å². The van der Waals surface area contributed by atoms with Gasteiger partial charge in [0.15, 0.2) is 10.9 Å². The van der Waals surface area contributed by atoms with Gasteiger partial charge in [-0.1, -0.05) is 5.16 Å². The smallest absolute Gasteiger partial charge is 0.236 e. The third-order valence-electron chi connectivity index (χ3n) is 3.64. The van der Waals surface area contributed by atoms with Crippen molar-refractivity contribution in [2.45, 2.75) is 13.8 Å². The summed E-state index contributed by atoms with van der Waals surface area (Å²) in [6.07, 6.45) is 0. The molecule has 0 aliphatic rings. The van der Waals surface area contributed by atoms with Crippen LogP contribution in [0.1, 0.15) is 11.3 Å². The number of anilines is 2. The Kier molecular flexibility index (Phi) is 6.60. The normalized spacial score (nSPS) is 10.8. The van der Waals surface area contributed by atoms with E-state index in [2.05, 4.69) is 20.8 Å². The Bertz CT molecular complexity index is 1050. The lowest BCUT2D eigenvalue weighted by molar-refractivity contribution is -0.114. The number of thioether (sulfide) groups is 1. The zero-order chi connectivity index (χ0) is 21.0. The number of aryl methyl sites for hydroxylation is 2. The fraction of sp³-hybridized carbons (Fsp3) is 0.222. The van der Waals surface area contributed by atoms with Crippen LogP contribution >= 0.6 is 23.1 Å². The van der Waals surface area contributed by atoms with Gasteiger partial charge in [-0.15, -0.1) is 23.1 Å². The highest BCUT2D eigenvalue weighted by atomic mass is 32.2. The van der Waals surface area contributed by atoms with E-state index in [0.717, 1.165) is 29.2 Å². The third kappa shape index (κ3) is 5.61. The number of nitrogens with one attached hydrogen (secondary N) is 2. The van der Waals surface area contributed by atoms with E-state index in [1.807, 2.05) is 0 Å². The van der Waals surface area contributed by atoms with Gasteiger partial charge in [-0.2, -0.15) is 0 Å². The number of nitrogens with zero attached hydrogens (tertiary/aromatic N) is 2. The van der Waals surface area contributed by atoms with Gasteiger partial charge in [-0.3, -0.25) is 9.59 Å². The van der Waals surface area contributed by atoms with Crippen LogP contribution < -0.4 is 10.6 Å². The van der Waals surface area contributed by atoms with E-state index < -0.39 is 11.6 Å². The number of rotatable bonds is 7. The molecule has 2 heterocycles. The van der Waals surface area contributed by atoms with Crippen molar-refractivity contribution in [3.8, 4) is 11.3 Å². The Morgan fingerprint density at radius 1 is 1.10 bits per heavy atom. The average Bonchev–Trinajstić information content (AvgIpc) is 3.27. The Labute approximate surface area is 172 Å². The van der Waals surface area contributed by atoms with Crippen molar-refractivity contribution in [1.29, 1.82) is 0 Å². The predicted octanol–water partition coefficient (Wildman–Crippen LogP) is 4.00. The van der Waals surface area contributed by atoms with E-state index in [4.69, 9.17) is 4.52 Å². The lowest BCUT2D eigenvalue weighted by atomic mass is 10.1. The number of thiazole rings is 1. The largest absolute Gasteiger partial charge is 0.360 e. The molecule has 0 radical (unpaired) electrons. The second-order valence-electron chi connectivity index (χ2n) is 6.03. The number of hydrogen-bond donors (Lipinski definition) is 2. The summed E-state index contributed by atoms with van der Waals surface area (Å²) < 4.78 is 32.2. The first kappa shape index (κ1) is 20.9. The molecule has 2 aromatic heterocycles. The van der Waals surface area contributed by atoms with Gasteiger partial charge in [-0.25, -0.2) is 13.8 Å². The van der Waals surface area contributed by atoms with Crippen LogP contribution in [-0.2, 0) is 9.59 Å². The van der Waals surface area contributed by atoms with E-state index in [1.54, 1.807) is 18.4 Å². The minimum atomic E-state index is -0.722. The number of benzene rings is 1. The molecule has 3 rings (SSSR count). The highest BCUT2D eigenvalue weighted by Crippen LogP contribution is 2.28. The molecular formula is C18H16F2N4O3S2. The van der Waals surface area contributed by atoms with Crippen LogP contribution in [0, 0.1) is 25.5 Å². The molecule has 2 amide bonds. The van der Waals surface area contributed by atoms with Crippen LogP contribution in [0.25, 0.3) is 11.3 Å². The fourth-order valence-electron chi connectivity index (χ4n) is 2.30. The summed E-state index contributed by atoms with van der Waals surface area (Å²) in [5.74, 6) is -1.03. The highest BCUT2D eigenvalue weighted by Gasteiger charge is 2.14. The van der Waals surface area contributed by atoms with Crippen LogP contribution in [0.5, 0.6) is 0 Å². The monoisotopic (exact) mass is 438 g/mol. The summed E-state index contributed by atoms with van der Waals surface area (Å²) in [4.78, 5) is 28.0. The van der Waals surface area contributed by atoms with Crippen molar-refractivity contribution >= 4 is 45.9 Å². The van der Waals surface area contributed by atoms with Crippen LogP contribution in [0.15, 0.2) is 28.1 Å². The van der Waals surface area contributed by atoms with E-state index >= 15 is 0 Å². The van der Waals surface area contributed by atoms with E-state index in [0.29, 0.717) is 22.8 Å². The molecule has 29 heavy (non-hydrogen) atoms. The molecule has 0 aliphatic heterocycles. The van der Waals surface area contributed by atoms with Crippen LogP contribution in [0.2, 0.25) is 0 Å². The van der Waals surface area contributed by atoms with Crippen LogP contribution in [-0.4, -0.2) is 33.5 Å². The molecule has 152 valence electrons. The van der Waals surface area contributed by atoms with Crippen LogP contribution in [0.3, 0.4) is 0 Å². The molecule has 2 N–H and O–H groups in total. The first-order valence-corrected chi connectivity index (χ1v) is 10.4. The Hall–Kier alpha value is -2.79. The zero-order valence-corrected chi connectivity index (χ0v) is 17.0. The number of amides is 2. The molecule has 0 saturated carbocycles. The summed E-state index contributed by atoms with van der Waals surface area (Å²) in [7, 11) is 0. The first-order valence-electron chi connectivity index (χ1n) is 8.34. The molecule has 0 fully saturated rings. The number of carbonyl (C=O) groups is 2. The quantitative estimate of drug-likeness (QED) is 0.579. The molecule has 7 nitrogen and oxygen atoms in total. The van der Waals surface area contributed by atoms with Gasteiger partial charge in [0.25, 0.3) is 0 Å². The van der Waals surface area contributed by atoms with Gasteiger partial charge in [0.05, 0.1) is 17.2 Å². The van der Waals surface area contributed by atoms with Crippen molar-refractivity contribution in [2.24, 2.45) is 0 Å². The predicted molar refractivity (Wildman–Crippen MR) is 108 cm³/mol. The maximum atomic E-state index is 14.0. The molecular weight excluding hydrogens is 422 g/mol. The number of hydrogen-bond acceptors (Lipinski definition) is 7. The summed E-state index contributed by atoms with van der Waals surface area (Å²) >= 11 is 2.24. The first-order chi connectivity index (χ1) is 13.8. The van der Waals surface area contributed by atoms with Crippen molar-refractivity contribution in [1.82, 2.24) is 10.1 Å². The van der Waals surface area contributed by atoms with Crippen molar-refractivity contribution < 1.29 is 22.9 Å². The molecule has 11 heteroatoms.